The number of amides is 1. The van der Waals surface area contributed by atoms with Crippen molar-refractivity contribution in [2.45, 2.75) is 6.42 Å². The van der Waals surface area contributed by atoms with Gasteiger partial charge in [0.05, 0.1) is 6.33 Å². The number of aromatic amines is 1. The largest absolute Gasteiger partial charge is 0.351 e. The van der Waals surface area contributed by atoms with Gasteiger partial charge >= 0.3 is 0 Å². The summed E-state index contributed by atoms with van der Waals surface area (Å²) < 4.78 is 0. The van der Waals surface area contributed by atoms with Gasteiger partial charge < -0.3 is 20.1 Å². The van der Waals surface area contributed by atoms with E-state index in [2.05, 4.69) is 20.2 Å². The van der Waals surface area contributed by atoms with E-state index in [0.29, 0.717) is 6.54 Å². The number of hydrogen-bond donors (Lipinski definition) is 2. The highest BCUT2D eigenvalue weighted by molar-refractivity contribution is 5.87. The first-order valence-corrected chi connectivity index (χ1v) is 6.83. The van der Waals surface area contributed by atoms with Crippen molar-refractivity contribution in [3.05, 3.63) is 30.4 Å². The molecule has 20 heavy (non-hydrogen) atoms. The fourth-order valence-electron chi connectivity index (χ4n) is 1.64. The molecule has 0 aromatic carbocycles. The molecule has 1 heterocycles. The summed E-state index contributed by atoms with van der Waals surface area (Å²) in [5.41, 5.74) is 1.13. The van der Waals surface area contributed by atoms with Gasteiger partial charge in [-0.2, -0.15) is 0 Å². The SMILES string of the molecule is CN(C)C/C=C/C(=O)NCCN(C)CCc1cnc[nH]1. The van der Waals surface area contributed by atoms with Crippen molar-refractivity contribution in [3.8, 4) is 0 Å². The Morgan fingerprint density at radius 3 is 2.85 bits per heavy atom. The van der Waals surface area contributed by atoms with Gasteiger partial charge in [0.2, 0.25) is 5.91 Å². The first-order valence-electron chi connectivity index (χ1n) is 6.83. The second kappa shape index (κ2) is 9.28. The molecular weight excluding hydrogens is 254 g/mol. The number of carbonyl (C=O) groups excluding carboxylic acids is 1. The summed E-state index contributed by atoms with van der Waals surface area (Å²) in [7, 11) is 5.98. The summed E-state index contributed by atoms with van der Waals surface area (Å²) >= 11 is 0. The maximum absolute atomic E-state index is 11.5. The van der Waals surface area contributed by atoms with E-state index in [1.165, 1.54) is 0 Å². The van der Waals surface area contributed by atoms with Crippen LogP contribution in [0.2, 0.25) is 0 Å². The van der Waals surface area contributed by atoms with E-state index in [1.807, 2.05) is 38.3 Å². The lowest BCUT2D eigenvalue weighted by molar-refractivity contribution is -0.116. The zero-order chi connectivity index (χ0) is 14.8. The molecule has 0 saturated carbocycles. The molecule has 6 nitrogen and oxygen atoms in total. The molecule has 0 fully saturated rings. The van der Waals surface area contributed by atoms with Crippen molar-refractivity contribution in [1.29, 1.82) is 0 Å². The second-order valence-electron chi connectivity index (χ2n) is 5.09. The van der Waals surface area contributed by atoms with Gasteiger partial charge in [-0.15, -0.1) is 0 Å². The molecule has 6 heteroatoms. The Kier molecular flexibility index (Phi) is 7.60. The van der Waals surface area contributed by atoms with Crippen LogP contribution in [0, 0.1) is 0 Å². The van der Waals surface area contributed by atoms with Crippen LogP contribution >= 0.6 is 0 Å². The van der Waals surface area contributed by atoms with Gasteiger partial charge in [-0.25, -0.2) is 4.98 Å². The maximum atomic E-state index is 11.5. The molecule has 0 unspecified atom stereocenters. The van der Waals surface area contributed by atoms with Crippen molar-refractivity contribution in [2.75, 3.05) is 47.3 Å². The normalized spacial score (nSPS) is 11.7. The number of nitrogens with one attached hydrogen (secondary N) is 2. The Morgan fingerprint density at radius 2 is 2.20 bits per heavy atom. The molecule has 2 N–H and O–H groups in total. The predicted molar refractivity (Wildman–Crippen MR) is 80.5 cm³/mol. The highest BCUT2D eigenvalue weighted by atomic mass is 16.1. The molecule has 0 bridgehead atoms. The number of carbonyl (C=O) groups is 1. The highest BCUT2D eigenvalue weighted by Gasteiger charge is 2.01. The quantitative estimate of drug-likeness (QED) is 0.630. The number of aromatic nitrogens is 2. The van der Waals surface area contributed by atoms with Gasteiger partial charge in [-0.1, -0.05) is 6.08 Å². The molecule has 0 atom stereocenters. The maximum Gasteiger partial charge on any atom is 0.243 e. The van der Waals surface area contributed by atoms with E-state index in [-0.39, 0.29) is 5.91 Å². The van der Waals surface area contributed by atoms with E-state index in [9.17, 15) is 4.79 Å². The monoisotopic (exact) mass is 279 g/mol. The van der Waals surface area contributed by atoms with Crippen molar-refractivity contribution in [1.82, 2.24) is 25.1 Å². The zero-order valence-electron chi connectivity index (χ0n) is 12.6. The lowest BCUT2D eigenvalue weighted by atomic mass is 10.3. The summed E-state index contributed by atoms with van der Waals surface area (Å²) in [6.07, 6.45) is 7.91. The number of imidazole rings is 1. The molecule has 1 amide bonds. The van der Waals surface area contributed by atoms with Crippen LogP contribution in [-0.4, -0.2) is 73.0 Å². The number of nitrogens with zero attached hydrogens (tertiary/aromatic N) is 3. The molecule has 0 aliphatic carbocycles. The molecule has 0 saturated heterocycles. The van der Waals surface area contributed by atoms with E-state index < -0.39 is 0 Å². The molecule has 1 aromatic heterocycles. The summed E-state index contributed by atoms with van der Waals surface area (Å²) in [5, 5.41) is 2.87. The van der Waals surface area contributed by atoms with Crippen LogP contribution in [-0.2, 0) is 11.2 Å². The molecule has 112 valence electrons. The number of hydrogen-bond acceptors (Lipinski definition) is 4. The lowest BCUT2D eigenvalue weighted by Crippen LogP contribution is -2.33. The second-order valence-corrected chi connectivity index (χ2v) is 5.09. The molecule has 0 aliphatic rings. The zero-order valence-corrected chi connectivity index (χ0v) is 12.6. The smallest absolute Gasteiger partial charge is 0.243 e. The van der Waals surface area contributed by atoms with Crippen molar-refractivity contribution < 1.29 is 4.79 Å². The molecule has 0 spiro atoms. The van der Waals surface area contributed by atoms with E-state index >= 15 is 0 Å². The third kappa shape index (κ3) is 7.70. The Morgan fingerprint density at radius 1 is 1.40 bits per heavy atom. The van der Waals surface area contributed by atoms with E-state index in [0.717, 1.165) is 31.7 Å². The van der Waals surface area contributed by atoms with E-state index in [4.69, 9.17) is 0 Å². The number of H-pyrrole nitrogens is 1. The van der Waals surface area contributed by atoms with Crippen LogP contribution in [0.3, 0.4) is 0 Å². The molecule has 0 radical (unpaired) electrons. The van der Waals surface area contributed by atoms with Crippen LogP contribution in [0.1, 0.15) is 5.69 Å². The summed E-state index contributed by atoms with van der Waals surface area (Å²) in [6, 6.07) is 0. The average Bonchev–Trinajstić information content (AvgIpc) is 2.89. The number of rotatable bonds is 9. The summed E-state index contributed by atoms with van der Waals surface area (Å²) in [6.45, 7) is 3.21. The highest BCUT2D eigenvalue weighted by Crippen LogP contribution is 1.94. The van der Waals surface area contributed by atoms with Gasteiger partial charge in [-0.3, -0.25) is 4.79 Å². The van der Waals surface area contributed by atoms with Crippen LogP contribution in [0.15, 0.2) is 24.7 Å². The van der Waals surface area contributed by atoms with Gasteiger partial charge in [0.25, 0.3) is 0 Å². The molecule has 1 aromatic rings. The van der Waals surface area contributed by atoms with Gasteiger partial charge in [-0.05, 0) is 21.1 Å². The third-order valence-electron chi connectivity index (χ3n) is 2.85. The Balaban J connectivity index is 2.07. The fraction of sp³-hybridized carbons (Fsp3) is 0.571. The molecule has 0 aliphatic heterocycles. The minimum absolute atomic E-state index is 0.0335. The van der Waals surface area contributed by atoms with Crippen LogP contribution in [0.25, 0.3) is 0 Å². The Bertz CT molecular complexity index is 400. The Hall–Kier alpha value is -1.66. The van der Waals surface area contributed by atoms with E-state index in [1.54, 1.807) is 12.4 Å². The van der Waals surface area contributed by atoms with Crippen molar-refractivity contribution >= 4 is 5.91 Å². The Labute approximate surface area is 120 Å². The predicted octanol–water partition coefficient (Wildman–Crippen LogP) is 0.118. The van der Waals surface area contributed by atoms with Crippen LogP contribution < -0.4 is 5.32 Å². The molecule has 1 rings (SSSR count). The first kappa shape index (κ1) is 16.4. The lowest BCUT2D eigenvalue weighted by Gasteiger charge is -2.15. The van der Waals surface area contributed by atoms with Crippen molar-refractivity contribution in [2.24, 2.45) is 0 Å². The summed E-state index contributed by atoms with van der Waals surface area (Å²) in [4.78, 5) is 22.8. The van der Waals surface area contributed by atoms with Crippen molar-refractivity contribution in [3.63, 3.8) is 0 Å². The standard InChI is InChI=1S/C14H25N5O/c1-18(2)8-4-5-14(20)16-7-10-19(3)9-6-13-11-15-12-17-13/h4-5,11-12H,6-10H2,1-3H3,(H,15,17)(H,16,20)/b5-4+. The van der Waals surface area contributed by atoms with Gasteiger partial charge in [0.1, 0.15) is 0 Å². The first-order chi connectivity index (χ1) is 9.58. The third-order valence-corrected chi connectivity index (χ3v) is 2.85. The number of likely N-dealkylation sites (N-methyl/N-ethyl adjacent to an activating group) is 2. The van der Waals surface area contributed by atoms with Gasteiger partial charge in [0.15, 0.2) is 0 Å². The molecular formula is C14H25N5O. The topological polar surface area (TPSA) is 64.3 Å². The van der Waals surface area contributed by atoms with Crippen LogP contribution in [0.5, 0.6) is 0 Å². The minimum Gasteiger partial charge on any atom is -0.351 e. The fourth-order valence-corrected chi connectivity index (χ4v) is 1.64. The summed E-state index contributed by atoms with van der Waals surface area (Å²) in [5.74, 6) is -0.0335. The average molecular weight is 279 g/mol. The van der Waals surface area contributed by atoms with Crippen LogP contribution in [0.4, 0.5) is 0 Å². The van der Waals surface area contributed by atoms with Gasteiger partial charge in [0, 0.05) is 50.6 Å². The minimum atomic E-state index is -0.0335.